The van der Waals surface area contributed by atoms with Crippen LogP contribution in [0.2, 0.25) is 0 Å². The van der Waals surface area contributed by atoms with Gasteiger partial charge in [0, 0.05) is 11.1 Å². The predicted molar refractivity (Wildman–Crippen MR) is 166 cm³/mol. The van der Waals surface area contributed by atoms with Gasteiger partial charge in [-0.3, -0.25) is 27.1 Å². The molecule has 0 amide bonds. The van der Waals surface area contributed by atoms with Gasteiger partial charge in [-0.25, -0.2) is 22.3 Å². The Morgan fingerprint density at radius 3 is 1.64 bits per heavy atom. The van der Waals surface area contributed by atoms with E-state index in [0.717, 1.165) is 12.8 Å². The first-order valence-corrected chi connectivity index (χ1v) is 19.1. The van der Waals surface area contributed by atoms with Crippen LogP contribution in [-0.4, -0.2) is 73.1 Å². The molecule has 0 aromatic carbocycles. The number of nitriles is 1. The third-order valence-electron chi connectivity index (χ3n) is 9.23. The molecule has 1 saturated heterocycles. The molecule has 1 N–H and O–H groups in total. The predicted octanol–water partition coefficient (Wildman–Crippen LogP) is 7.58. The summed E-state index contributed by atoms with van der Waals surface area (Å²) in [5, 5.41) is 22.5. The van der Waals surface area contributed by atoms with Gasteiger partial charge in [0.15, 0.2) is 0 Å². The van der Waals surface area contributed by atoms with Crippen LogP contribution in [0.5, 0.6) is 0 Å². The average Bonchev–Trinajstić information content (AvgIpc) is 3.01. The third kappa shape index (κ3) is 10.6. The molecule has 254 valence electrons. The van der Waals surface area contributed by atoms with Crippen molar-refractivity contribution in [1.82, 2.24) is 5.06 Å². The minimum absolute atomic E-state index is 0.0227. The van der Waals surface area contributed by atoms with Crippen LogP contribution >= 0.6 is 15.6 Å². The number of piperidine rings is 1. The zero-order chi connectivity index (χ0) is 33.0. The van der Waals surface area contributed by atoms with E-state index in [9.17, 15) is 14.3 Å². The quantitative estimate of drug-likeness (QED) is 0.0927. The van der Waals surface area contributed by atoms with E-state index < -0.39 is 32.8 Å². The normalized spacial score (nSPS) is 30.5. The molecule has 2 atom stereocenters. The molecule has 2 saturated carbocycles. The number of rotatable bonds is 17. The fourth-order valence-electron chi connectivity index (χ4n) is 6.86. The van der Waals surface area contributed by atoms with E-state index in [2.05, 4.69) is 23.5 Å². The highest BCUT2D eigenvalue weighted by Crippen LogP contribution is 2.58. The van der Waals surface area contributed by atoms with E-state index in [0.29, 0.717) is 69.6 Å². The van der Waals surface area contributed by atoms with Gasteiger partial charge in [0.2, 0.25) is 13.1 Å². The van der Waals surface area contributed by atoms with E-state index in [1.54, 1.807) is 5.06 Å². The zero-order valence-corrected chi connectivity index (χ0v) is 28.7. The molecular formula is C30H50N4O9P2. The van der Waals surface area contributed by atoms with Crippen LogP contribution in [-0.2, 0) is 36.3 Å². The van der Waals surface area contributed by atoms with Crippen molar-refractivity contribution in [1.29, 1.82) is 5.26 Å². The molecule has 1 heterocycles. The molecule has 45 heavy (non-hydrogen) atoms. The lowest BCUT2D eigenvalue weighted by molar-refractivity contribution is -0.293. The van der Waals surface area contributed by atoms with Crippen molar-refractivity contribution >= 4 is 15.6 Å². The highest BCUT2D eigenvalue weighted by molar-refractivity contribution is 7.48. The Kier molecular flexibility index (Phi) is 14.9. The molecule has 3 rings (SSSR count). The number of hydrogen-bond donors (Lipinski definition) is 1. The van der Waals surface area contributed by atoms with E-state index in [1.807, 2.05) is 13.0 Å². The first kappa shape index (κ1) is 38.1. The van der Waals surface area contributed by atoms with Gasteiger partial charge in [-0.2, -0.15) is 10.3 Å². The smallest absolute Gasteiger partial charge is 0.314 e. The molecule has 0 aromatic heterocycles. The average molecular weight is 673 g/mol. The molecule has 2 unspecified atom stereocenters. The van der Waals surface area contributed by atoms with Crippen LogP contribution in [0.15, 0.2) is 0 Å². The first-order valence-electron chi connectivity index (χ1n) is 16.2. The molecular weight excluding hydrogens is 622 g/mol. The van der Waals surface area contributed by atoms with Crippen LogP contribution in [0, 0.1) is 36.3 Å². The van der Waals surface area contributed by atoms with Crippen molar-refractivity contribution in [3.05, 3.63) is 22.8 Å². The zero-order valence-electron chi connectivity index (χ0n) is 26.9. The molecule has 1 aliphatic heterocycles. The summed E-state index contributed by atoms with van der Waals surface area (Å²) in [6, 6.07) is 1.98. The second-order valence-electron chi connectivity index (χ2n) is 12.7. The summed E-state index contributed by atoms with van der Waals surface area (Å²) in [5.74, 6) is 0.801. The summed E-state index contributed by atoms with van der Waals surface area (Å²) in [4.78, 5) is 6.45. The number of phosphoric acid groups is 2. The maximum absolute atomic E-state index is 13.3. The van der Waals surface area contributed by atoms with Crippen molar-refractivity contribution in [3.63, 3.8) is 0 Å². The third-order valence-corrected chi connectivity index (χ3v) is 12.3. The summed E-state index contributed by atoms with van der Waals surface area (Å²) in [7, 11) is -7.77. The monoisotopic (exact) mass is 672 g/mol. The number of phosphoric ester groups is 2. The van der Waals surface area contributed by atoms with Crippen molar-refractivity contribution in [3.8, 4) is 6.07 Å². The van der Waals surface area contributed by atoms with Gasteiger partial charge >= 0.3 is 15.6 Å². The minimum Gasteiger partial charge on any atom is -0.314 e. The topological polar surface area (TPSA) is 146 Å². The Bertz CT molecular complexity index is 1130. The van der Waals surface area contributed by atoms with Crippen LogP contribution in [0.1, 0.15) is 97.8 Å². The second-order valence-corrected chi connectivity index (χ2v) is 15.9. The summed E-state index contributed by atoms with van der Waals surface area (Å²) >= 11 is 0. The molecule has 0 radical (unpaired) electrons. The maximum atomic E-state index is 13.3. The highest BCUT2D eigenvalue weighted by atomic mass is 31.2. The minimum atomic E-state index is -3.95. The van der Waals surface area contributed by atoms with Crippen LogP contribution in [0.25, 0.3) is 9.69 Å². The summed E-state index contributed by atoms with van der Waals surface area (Å²) in [5.41, 5.74) is -0.932. The van der Waals surface area contributed by atoms with Crippen LogP contribution in [0.4, 0.5) is 0 Å². The number of nitrogens with zero attached hydrogens (tertiary/aromatic N) is 4. The standard InChI is InChI=1S/C30H50N4O9P2/c1-6-19-38-44(36,39-20-7-16-31)42-27-8-12-29(13-9-27)23-26(25(2)3)24-30(34(29)35)14-10-28(11-15-30)43-45(37,40-21-17-32-4)41-22-18-33-5/h25-28,35H,6-15,17-24H2,1-3H3. The molecule has 0 aromatic rings. The first-order chi connectivity index (χ1) is 21.5. The Morgan fingerprint density at radius 2 is 1.27 bits per heavy atom. The van der Waals surface area contributed by atoms with Gasteiger partial charge in [-0.1, -0.05) is 20.8 Å². The summed E-state index contributed by atoms with van der Waals surface area (Å²) in [6.07, 6.45) is 6.49. The van der Waals surface area contributed by atoms with E-state index in [-0.39, 0.29) is 52.0 Å². The Balaban J connectivity index is 1.68. The molecule has 2 aliphatic carbocycles. The molecule has 15 heteroatoms. The lowest BCUT2D eigenvalue weighted by Gasteiger charge is -2.61. The number of hydroxylamine groups is 2. The SMILES string of the molecule is [C-]#[N+]CCOP(=O)(OCC[N+]#[C-])OC1CCC2(CC1)CC(C(C)C)CC1(CCC(OP(=O)(OCCC)OCCC#N)CC1)N2O. The summed E-state index contributed by atoms with van der Waals surface area (Å²) < 4.78 is 60.1. The van der Waals surface area contributed by atoms with E-state index in [1.165, 1.54) is 0 Å². The van der Waals surface area contributed by atoms with Gasteiger partial charge < -0.3 is 14.9 Å². The van der Waals surface area contributed by atoms with Gasteiger partial charge in [0.05, 0.1) is 37.9 Å². The van der Waals surface area contributed by atoms with Crippen LogP contribution < -0.4 is 0 Å². The van der Waals surface area contributed by atoms with Gasteiger partial charge in [0.25, 0.3) is 0 Å². The van der Waals surface area contributed by atoms with E-state index >= 15 is 0 Å². The fraction of sp³-hybridized carbons (Fsp3) is 0.900. The fourth-order valence-corrected chi connectivity index (χ4v) is 9.74. The molecule has 2 spiro atoms. The van der Waals surface area contributed by atoms with Crippen molar-refractivity contribution in [2.24, 2.45) is 11.8 Å². The number of hydrogen-bond acceptors (Lipinski definition) is 11. The Hall–Kier alpha value is -1.39. The largest absolute Gasteiger partial charge is 0.475 e. The maximum Gasteiger partial charge on any atom is 0.475 e. The summed E-state index contributed by atoms with van der Waals surface area (Å²) in [6.45, 7) is 20.3. The van der Waals surface area contributed by atoms with Crippen molar-refractivity contribution in [2.75, 3.05) is 39.5 Å². The second kappa shape index (κ2) is 17.7. The lowest BCUT2D eigenvalue weighted by Crippen LogP contribution is -2.66. The molecule has 0 bridgehead atoms. The van der Waals surface area contributed by atoms with Crippen LogP contribution in [0.3, 0.4) is 0 Å². The van der Waals surface area contributed by atoms with Crippen molar-refractivity contribution in [2.45, 2.75) is 121 Å². The van der Waals surface area contributed by atoms with Crippen molar-refractivity contribution < 1.29 is 41.5 Å². The Labute approximate surface area is 268 Å². The lowest BCUT2D eigenvalue weighted by atomic mass is 9.61. The molecule has 13 nitrogen and oxygen atoms in total. The van der Waals surface area contributed by atoms with Gasteiger partial charge in [-0.15, -0.1) is 0 Å². The van der Waals surface area contributed by atoms with Gasteiger partial charge in [0.1, 0.15) is 13.2 Å². The highest BCUT2D eigenvalue weighted by Gasteiger charge is 2.57. The molecule has 3 aliphatic rings. The van der Waals surface area contributed by atoms with E-state index in [4.69, 9.17) is 45.5 Å². The molecule has 3 fully saturated rings. The Morgan fingerprint density at radius 1 is 0.844 bits per heavy atom. The van der Waals surface area contributed by atoms with Gasteiger partial charge in [-0.05, 0) is 82.5 Å².